The first-order valence-corrected chi connectivity index (χ1v) is 29.1. The average Bonchev–Trinajstić information content (AvgIpc) is 3.52. The van der Waals surface area contributed by atoms with Crippen molar-refractivity contribution >= 4 is 71.5 Å². The van der Waals surface area contributed by atoms with Gasteiger partial charge < -0.3 is 0 Å². The number of rotatable bonds is 12. The third kappa shape index (κ3) is 17.1. The fraction of sp³-hybridized carbons (Fsp3) is 0.0282. The molecule has 11 aromatic carbocycles. The molecule has 0 spiro atoms. The van der Waals surface area contributed by atoms with Crippen molar-refractivity contribution in [3.8, 4) is 0 Å². The van der Waals surface area contributed by atoms with Gasteiger partial charge in [-0.15, -0.1) is 24.3 Å². The van der Waals surface area contributed by atoms with Crippen molar-refractivity contribution < 1.29 is 32.9 Å². The third-order valence-electron chi connectivity index (χ3n) is 12.3. The number of hydrogen-bond donors (Lipinski definition) is 0. The summed E-state index contributed by atoms with van der Waals surface area (Å²) in [4.78, 5) is 0. The first-order chi connectivity index (χ1) is 37.9. The molecule has 1 atom stereocenters. The van der Waals surface area contributed by atoms with E-state index in [4.69, 9.17) is 4.65 Å². The van der Waals surface area contributed by atoms with Crippen LogP contribution < -0.4 is 47.7 Å². The number of benzene rings is 11. The Morgan fingerprint density at radius 1 is 0.346 bits per heavy atom. The minimum absolute atomic E-state index is 0. The summed E-state index contributed by atoms with van der Waals surface area (Å²) in [6.07, 6.45) is 1.75. The van der Waals surface area contributed by atoms with Gasteiger partial charge in [-0.2, -0.15) is 12.1 Å². The molecule has 1 nitrogen and oxygen atoms in total. The van der Waals surface area contributed by atoms with Crippen LogP contribution in [0.3, 0.4) is 0 Å². The van der Waals surface area contributed by atoms with Crippen LogP contribution in [-0.4, -0.2) is 0 Å². The molecule has 0 N–H and O–H groups in total. The average molecular weight is 1160 g/mol. The summed E-state index contributed by atoms with van der Waals surface area (Å²) in [5.41, 5.74) is 1.17. The van der Waals surface area contributed by atoms with Crippen LogP contribution in [0.5, 0.6) is 0 Å². The monoisotopic (exact) mass is 1160 g/mol. The maximum atomic E-state index is 13.0. The topological polar surface area (TPSA) is 19.9 Å². The van der Waals surface area contributed by atoms with Gasteiger partial charge in [-0.3, -0.25) is 4.39 Å². The van der Waals surface area contributed by atoms with E-state index in [9.17, 15) is 8.78 Å². The van der Waals surface area contributed by atoms with Crippen molar-refractivity contribution in [3.05, 3.63) is 364 Å². The zero-order valence-corrected chi connectivity index (χ0v) is 47.5. The molecule has 1 radical (unpaired) electrons. The van der Waals surface area contributed by atoms with E-state index >= 15 is 0 Å². The van der Waals surface area contributed by atoms with Crippen LogP contribution in [0.15, 0.2) is 328 Å². The van der Waals surface area contributed by atoms with E-state index in [2.05, 4.69) is 292 Å². The quantitative estimate of drug-likeness (QED) is 0.0382. The van der Waals surface area contributed by atoms with E-state index in [0.717, 1.165) is 11.1 Å². The van der Waals surface area contributed by atoms with Crippen LogP contribution in [0.1, 0.15) is 18.1 Å². The molecule has 11 rings (SSSR count). The molecule has 387 valence electrons. The maximum Gasteiger partial charge on any atom is 0 e. The molecule has 1 unspecified atom stereocenters. The van der Waals surface area contributed by atoms with Crippen LogP contribution in [0.2, 0.25) is 0 Å². The summed E-state index contributed by atoms with van der Waals surface area (Å²) in [6, 6.07) is 110. The second-order valence-electron chi connectivity index (χ2n) is 17.4. The summed E-state index contributed by atoms with van der Waals surface area (Å²) in [7, 11) is -1.34. The molecule has 11 aromatic rings. The minimum Gasteiger partial charge on any atom is -0.0622 e. The van der Waals surface area contributed by atoms with Gasteiger partial charge >= 0.3 is 11.3 Å². The molecular formula is C71H58F2OP3Rh-. The van der Waals surface area contributed by atoms with Gasteiger partial charge in [0.05, 0.1) is 0 Å². The summed E-state index contributed by atoms with van der Waals surface area (Å²) >= 11 is 0. The first kappa shape index (κ1) is 59.9. The predicted molar refractivity (Wildman–Crippen MR) is 328 cm³/mol. The molecule has 0 saturated carbocycles. The van der Waals surface area contributed by atoms with Gasteiger partial charge in [0.15, 0.2) is 0 Å². The normalized spacial score (nSPS) is 11.0. The molecule has 0 aromatic heterocycles. The van der Waals surface area contributed by atoms with Crippen molar-refractivity contribution in [3.63, 3.8) is 0 Å². The first-order valence-electron chi connectivity index (χ1n) is 25.0. The number of halogens is 2. The summed E-state index contributed by atoms with van der Waals surface area (Å²) < 4.78 is 33.4. The van der Waals surface area contributed by atoms with Gasteiger partial charge in [0.2, 0.25) is 0 Å². The molecule has 78 heavy (non-hydrogen) atoms. The Hall–Kier alpha value is -7.33. The van der Waals surface area contributed by atoms with Crippen LogP contribution in [-0.2, 0) is 29.5 Å². The van der Waals surface area contributed by atoms with E-state index in [-0.39, 0.29) is 31.1 Å². The van der Waals surface area contributed by atoms with Crippen LogP contribution in [0.4, 0.5) is 8.78 Å². The minimum atomic E-state index is -0.512. The van der Waals surface area contributed by atoms with E-state index in [1.54, 1.807) is 24.3 Å². The van der Waals surface area contributed by atoms with Crippen molar-refractivity contribution in [1.82, 2.24) is 0 Å². The van der Waals surface area contributed by atoms with E-state index in [0.29, 0.717) is 0 Å². The van der Waals surface area contributed by atoms with Gasteiger partial charge in [-0.25, -0.2) is 4.39 Å². The number of hydrogen-bond acceptors (Lipinski definition) is 0. The van der Waals surface area contributed by atoms with Crippen LogP contribution in [0.25, 0.3) is 0 Å². The van der Waals surface area contributed by atoms with Gasteiger partial charge in [0.1, 0.15) is 5.82 Å². The fourth-order valence-corrected chi connectivity index (χ4v) is 15.4. The molecule has 7 heteroatoms. The summed E-state index contributed by atoms with van der Waals surface area (Å²) in [5.74, 6) is -0.613. The largest absolute Gasteiger partial charge is 0.0622 e. The Morgan fingerprint density at radius 3 is 0.731 bits per heavy atom. The Balaban J connectivity index is 0.000000166. The van der Waals surface area contributed by atoms with Gasteiger partial charge in [0.25, 0.3) is 0 Å². The van der Waals surface area contributed by atoms with Gasteiger partial charge in [-0.05, 0) is 96.1 Å². The molecule has 0 amide bonds. The molecule has 0 bridgehead atoms. The Labute approximate surface area is 477 Å². The second kappa shape index (κ2) is 32.4. The second-order valence-corrected chi connectivity index (χ2v) is 24.0. The molecule has 0 aliphatic rings. The third-order valence-corrected chi connectivity index (χ3v) is 19.6. The fourth-order valence-electron chi connectivity index (χ4n) is 8.44. The van der Waals surface area contributed by atoms with Crippen LogP contribution in [0, 0.1) is 24.4 Å². The summed E-state index contributed by atoms with van der Waals surface area (Å²) in [5, 5.41) is 12.6. The van der Waals surface area contributed by atoms with Gasteiger partial charge in [0, 0.05) is 30.7 Å². The number of allylic oxidation sites excluding steroid dienone is 1. The molecule has 0 heterocycles. The molecule has 0 saturated heterocycles. The Morgan fingerprint density at radius 2 is 0.551 bits per heavy atom. The zero-order chi connectivity index (χ0) is 53.9. The van der Waals surface area contributed by atoms with E-state index in [1.165, 1.54) is 72.0 Å². The zero-order valence-electron chi connectivity index (χ0n) is 43.1. The van der Waals surface area contributed by atoms with Gasteiger partial charge in [-0.1, -0.05) is 291 Å². The Bertz CT molecular complexity index is 2770. The molecule has 0 aliphatic heterocycles. The summed E-state index contributed by atoms with van der Waals surface area (Å²) in [6.45, 7) is 10.3. The molecular weight excluding hydrogens is 1100 g/mol. The maximum absolute atomic E-state index is 13.0. The van der Waals surface area contributed by atoms with Crippen molar-refractivity contribution in [2.45, 2.75) is 12.3 Å². The SMILES string of the molecule is C=CC(C)(c1[c-]cc(F)cc1)c1ccc(F)cc1.[C-]#[O+].[Rh].c1ccc(P(c2ccccc2)c2ccccc2)cc1.c1ccc(P(c2ccccc2)c2ccccc2)cc1.c1ccc(P(c2ccccc2)c2ccccc2)cc1. The van der Waals surface area contributed by atoms with Crippen molar-refractivity contribution in [1.29, 1.82) is 0 Å². The van der Waals surface area contributed by atoms with Crippen LogP contribution >= 0.6 is 23.8 Å². The van der Waals surface area contributed by atoms with E-state index in [1.807, 2.05) is 6.92 Å². The standard InChI is InChI=1S/3C18H15P.C16H13F2.CO.Rh/c3*1-4-10-16(11-5-1)19(17-12-6-2-7-13-17)18-14-8-3-9-15-18;1-3-16(2,12-4-8-14(17)9-5-12)13-6-10-15(18)11-7-13;1-2;/h3*1-15H;3-6,8-11H,1H2,2H3;;/q;;;-1;;. The smallest absolute Gasteiger partial charge is 0 e. The molecule has 0 fully saturated rings. The molecule has 0 aliphatic carbocycles. The van der Waals surface area contributed by atoms with Crippen molar-refractivity contribution in [2.24, 2.45) is 0 Å². The van der Waals surface area contributed by atoms with E-state index < -0.39 is 29.2 Å². The van der Waals surface area contributed by atoms with Crippen molar-refractivity contribution in [2.75, 3.05) is 0 Å². The Kier molecular flexibility index (Phi) is 24.9. The predicted octanol–water partition coefficient (Wildman–Crippen LogP) is 14.6.